The summed E-state index contributed by atoms with van der Waals surface area (Å²) in [6.45, 7) is 3.62. The van der Waals surface area contributed by atoms with Crippen LogP contribution in [0, 0.1) is 0 Å². The van der Waals surface area contributed by atoms with Gasteiger partial charge in [-0.2, -0.15) is 0 Å². The maximum absolute atomic E-state index is 6.27. The fourth-order valence-corrected chi connectivity index (χ4v) is 3.41. The Labute approximate surface area is 183 Å². The number of halogens is 2. The largest absolute Gasteiger partial charge is 0.357 e. The molecule has 1 aliphatic heterocycles. The molecule has 0 saturated carbocycles. The van der Waals surface area contributed by atoms with Crippen LogP contribution in [0.25, 0.3) is 0 Å². The first-order valence-corrected chi connectivity index (χ1v) is 9.40. The predicted octanol–water partition coefficient (Wildman–Crippen LogP) is 4.16. The van der Waals surface area contributed by atoms with Crippen molar-refractivity contribution in [1.82, 2.24) is 15.2 Å². The van der Waals surface area contributed by atoms with E-state index in [4.69, 9.17) is 11.6 Å². The number of hydrogen-bond donors (Lipinski definition) is 1. The lowest BCUT2D eigenvalue weighted by Gasteiger charge is -2.23. The van der Waals surface area contributed by atoms with E-state index in [9.17, 15) is 0 Å². The molecule has 0 unspecified atom stereocenters. The number of pyridine rings is 1. The molecule has 27 heavy (non-hydrogen) atoms. The van der Waals surface area contributed by atoms with Crippen LogP contribution in [0.4, 0.5) is 5.82 Å². The van der Waals surface area contributed by atoms with Gasteiger partial charge in [0.15, 0.2) is 5.96 Å². The Morgan fingerprint density at radius 3 is 2.70 bits per heavy atom. The molecule has 3 rings (SSSR count). The number of guanidine groups is 1. The molecule has 5 nitrogen and oxygen atoms in total. The monoisotopic (exact) mass is 499 g/mol. The summed E-state index contributed by atoms with van der Waals surface area (Å²) >= 11 is 6.27. The minimum absolute atomic E-state index is 0. The quantitative estimate of drug-likeness (QED) is 0.381. The summed E-state index contributed by atoms with van der Waals surface area (Å²) in [7, 11) is 3.81. The van der Waals surface area contributed by atoms with E-state index in [0.29, 0.717) is 13.1 Å². The highest BCUT2D eigenvalue weighted by Gasteiger charge is 2.14. The van der Waals surface area contributed by atoms with Crippen molar-refractivity contribution >= 4 is 47.4 Å². The van der Waals surface area contributed by atoms with Gasteiger partial charge in [-0.3, -0.25) is 4.99 Å². The Morgan fingerprint density at radius 2 is 2.00 bits per heavy atom. The molecular formula is C20H27ClIN5. The lowest BCUT2D eigenvalue weighted by molar-refractivity contribution is 0.476. The van der Waals surface area contributed by atoms with E-state index in [1.165, 1.54) is 18.4 Å². The number of nitrogens with zero attached hydrogens (tertiary/aromatic N) is 4. The topological polar surface area (TPSA) is 43.8 Å². The van der Waals surface area contributed by atoms with E-state index in [-0.39, 0.29) is 24.0 Å². The van der Waals surface area contributed by atoms with E-state index >= 15 is 0 Å². The summed E-state index contributed by atoms with van der Waals surface area (Å²) < 4.78 is 0. The highest BCUT2D eigenvalue weighted by Crippen LogP contribution is 2.19. The van der Waals surface area contributed by atoms with Gasteiger partial charge in [0.05, 0.1) is 0 Å². The Hall–Kier alpha value is -1.54. The molecule has 0 atom stereocenters. The van der Waals surface area contributed by atoms with Crippen LogP contribution in [0.3, 0.4) is 0 Å². The standard InChI is InChI=1S/C20H26ClN5.HI/c1-22-20(25(2)15-17-7-3-4-8-18(17)21)24-14-16-9-10-23-19(13-16)26-11-5-6-12-26;/h3-4,7-10,13H,5-6,11-12,14-15H2,1-2H3,(H,22,24);1H. The number of benzene rings is 1. The average Bonchev–Trinajstić information content (AvgIpc) is 3.19. The molecule has 0 spiro atoms. The molecule has 1 N–H and O–H groups in total. The van der Waals surface area contributed by atoms with Crippen LogP contribution >= 0.6 is 35.6 Å². The van der Waals surface area contributed by atoms with Gasteiger partial charge in [-0.1, -0.05) is 29.8 Å². The molecule has 2 heterocycles. The summed E-state index contributed by atoms with van der Waals surface area (Å²) in [6, 6.07) is 12.1. The van der Waals surface area contributed by atoms with Crippen molar-refractivity contribution in [3.63, 3.8) is 0 Å². The Morgan fingerprint density at radius 1 is 1.26 bits per heavy atom. The maximum atomic E-state index is 6.27. The minimum atomic E-state index is 0. The number of nitrogens with one attached hydrogen (secondary N) is 1. The van der Waals surface area contributed by atoms with Crippen LogP contribution in [0.1, 0.15) is 24.0 Å². The average molecular weight is 500 g/mol. The number of rotatable bonds is 5. The van der Waals surface area contributed by atoms with Gasteiger partial charge in [0, 0.05) is 51.5 Å². The summed E-state index contributed by atoms with van der Waals surface area (Å²) in [6.07, 6.45) is 4.40. The van der Waals surface area contributed by atoms with Crippen LogP contribution < -0.4 is 10.2 Å². The number of anilines is 1. The normalized spacial score (nSPS) is 14.0. The molecule has 1 fully saturated rings. The van der Waals surface area contributed by atoms with E-state index in [1.807, 2.05) is 43.6 Å². The molecule has 0 bridgehead atoms. The Balaban J connectivity index is 0.00000261. The zero-order valence-electron chi connectivity index (χ0n) is 15.9. The van der Waals surface area contributed by atoms with E-state index in [1.54, 1.807) is 7.05 Å². The van der Waals surface area contributed by atoms with Crippen LogP contribution in [0.15, 0.2) is 47.6 Å². The highest BCUT2D eigenvalue weighted by atomic mass is 127. The molecule has 0 amide bonds. The molecule has 7 heteroatoms. The van der Waals surface area contributed by atoms with Crippen LogP contribution in [-0.4, -0.2) is 43.0 Å². The smallest absolute Gasteiger partial charge is 0.193 e. The van der Waals surface area contributed by atoms with Crippen molar-refractivity contribution in [2.45, 2.75) is 25.9 Å². The summed E-state index contributed by atoms with van der Waals surface area (Å²) in [4.78, 5) is 13.3. The lowest BCUT2D eigenvalue weighted by atomic mass is 10.2. The second-order valence-electron chi connectivity index (χ2n) is 6.56. The van der Waals surface area contributed by atoms with Gasteiger partial charge < -0.3 is 15.1 Å². The first-order valence-electron chi connectivity index (χ1n) is 9.02. The van der Waals surface area contributed by atoms with E-state index in [0.717, 1.165) is 35.5 Å². The van der Waals surface area contributed by atoms with Crippen molar-refractivity contribution in [1.29, 1.82) is 0 Å². The third-order valence-corrected chi connectivity index (χ3v) is 5.00. The van der Waals surface area contributed by atoms with Gasteiger partial charge in [0.25, 0.3) is 0 Å². The second-order valence-corrected chi connectivity index (χ2v) is 6.97. The SMILES string of the molecule is CN=C(NCc1ccnc(N2CCCC2)c1)N(C)Cc1ccccc1Cl.I. The van der Waals surface area contributed by atoms with Gasteiger partial charge in [-0.05, 0) is 42.2 Å². The second kappa shape index (κ2) is 10.7. The maximum Gasteiger partial charge on any atom is 0.193 e. The third kappa shape index (κ3) is 5.97. The molecule has 1 saturated heterocycles. The Kier molecular flexibility index (Phi) is 8.63. The van der Waals surface area contributed by atoms with Crippen molar-refractivity contribution in [2.24, 2.45) is 4.99 Å². The van der Waals surface area contributed by atoms with Crippen LogP contribution in [0.5, 0.6) is 0 Å². The van der Waals surface area contributed by atoms with Gasteiger partial charge >= 0.3 is 0 Å². The van der Waals surface area contributed by atoms with E-state index in [2.05, 4.69) is 31.2 Å². The van der Waals surface area contributed by atoms with Gasteiger partial charge in [-0.25, -0.2) is 4.98 Å². The summed E-state index contributed by atoms with van der Waals surface area (Å²) in [5.74, 6) is 1.91. The Bertz CT molecular complexity index is 762. The van der Waals surface area contributed by atoms with Gasteiger partial charge in [0.1, 0.15) is 5.82 Å². The summed E-state index contributed by atoms with van der Waals surface area (Å²) in [5.41, 5.74) is 2.29. The van der Waals surface area contributed by atoms with Crippen molar-refractivity contribution < 1.29 is 0 Å². The minimum Gasteiger partial charge on any atom is -0.357 e. The van der Waals surface area contributed by atoms with Crippen LogP contribution in [0.2, 0.25) is 5.02 Å². The number of hydrogen-bond acceptors (Lipinski definition) is 3. The fraction of sp³-hybridized carbons (Fsp3) is 0.400. The number of aromatic nitrogens is 1. The van der Waals surface area contributed by atoms with Crippen LogP contribution in [-0.2, 0) is 13.1 Å². The molecule has 2 aromatic rings. The van der Waals surface area contributed by atoms with E-state index < -0.39 is 0 Å². The predicted molar refractivity (Wildman–Crippen MR) is 124 cm³/mol. The molecule has 0 aliphatic carbocycles. The van der Waals surface area contributed by atoms with Crippen molar-refractivity contribution in [3.05, 3.63) is 58.7 Å². The first-order chi connectivity index (χ1) is 12.7. The number of aliphatic imine (C=N–C) groups is 1. The molecule has 146 valence electrons. The van der Waals surface area contributed by atoms with Crippen molar-refractivity contribution in [3.8, 4) is 0 Å². The zero-order chi connectivity index (χ0) is 18.4. The molecule has 1 aliphatic rings. The zero-order valence-corrected chi connectivity index (χ0v) is 18.9. The molecule has 1 aromatic heterocycles. The highest BCUT2D eigenvalue weighted by molar-refractivity contribution is 14.0. The molecular weight excluding hydrogens is 473 g/mol. The fourth-order valence-electron chi connectivity index (χ4n) is 3.21. The van der Waals surface area contributed by atoms with Crippen molar-refractivity contribution in [2.75, 3.05) is 32.1 Å². The third-order valence-electron chi connectivity index (χ3n) is 4.63. The van der Waals surface area contributed by atoms with Gasteiger partial charge in [-0.15, -0.1) is 24.0 Å². The first kappa shape index (κ1) is 21.8. The molecule has 1 aromatic carbocycles. The summed E-state index contributed by atoms with van der Waals surface area (Å²) in [5, 5.41) is 4.21. The molecule has 0 radical (unpaired) electrons. The van der Waals surface area contributed by atoms with Gasteiger partial charge in [0.2, 0.25) is 0 Å². The lowest BCUT2D eigenvalue weighted by Crippen LogP contribution is -2.38.